The lowest BCUT2D eigenvalue weighted by molar-refractivity contribution is 0.424. The lowest BCUT2D eigenvalue weighted by Crippen LogP contribution is -2.09. The molecule has 1 saturated carbocycles. The third-order valence-corrected chi connectivity index (χ3v) is 3.20. The third kappa shape index (κ3) is 1.82. The summed E-state index contributed by atoms with van der Waals surface area (Å²) in [5.41, 5.74) is 7.99. The fourth-order valence-corrected chi connectivity index (χ4v) is 2.42. The number of aryl methyl sites for hydroxylation is 1. The predicted molar refractivity (Wildman–Crippen MR) is 56.9 cm³/mol. The Morgan fingerprint density at radius 2 is 2.14 bits per heavy atom. The minimum atomic E-state index is 0.556. The van der Waals surface area contributed by atoms with Gasteiger partial charge in [-0.3, -0.25) is 4.68 Å². The van der Waals surface area contributed by atoms with Crippen molar-refractivity contribution in [1.29, 1.82) is 0 Å². The maximum atomic E-state index is 5.59. The van der Waals surface area contributed by atoms with Crippen molar-refractivity contribution in [3.05, 3.63) is 17.5 Å². The van der Waals surface area contributed by atoms with Crippen LogP contribution in [0.1, 0.15) is 49.4 Å². The van der Waals surface area contributed by atoms with Crippen molar-refractivity contribution in [2.75, 3.05) is 0 Å². The van der Waals surface area contributed by atoms with Crippen LogP contribution < -0.4 is 5.73 Å². The van der Waals surface area contributed by atoms with Crippen molar-refractivity contribution >= 4 is 0 Å². The Hall–Kier alpha value is -0.830. The molecule has 0 atom stereocenters. The molecule has 1 aromatic rings. The minimum Gasteiger partial charge on any atom is -0.325 e. The molecule has 3 nitrogen and oxygen atoms in total. The summed E-state index contributed by atoms with van der Waals surface area (Å²) in [5, 5.41) is 4.40. The van der Waals surface area contributed by atoms with E-state index in [4.69, 9.17) is 5.73 Å². The molecule has 0 spiro atoms. The molecule has 78 valence electrons. The molecular formula is C11H19N3. The van der Waals surface area contributed by atoms with Gasteiger partial charge in [-0.2, -0.15) is 5.10 Å². The predicted octanol–water partition coefficient (Wildman–Crippen LogP) is 1.93. The summed E-state index contributed by atoms with van der Waals surface area (Å²) in [4.78, 5) is 0. The van der Waals surface area contributed by atoms with Gasteiger partial charge < -0.3 is 5.73 Å². The smallest absolute Gasteiger partial charge is 0.0763 e. The van der Waals surface area contributed by atoms with Gasteiger partial charge in [-0.05, 0) is 18.9 Å². The van der Waals surface area contributed by atoms with E-state index in [0.29, 0.717) is 6.54 Å². The van der Waals surface area contributed by atoms with Gasteiger partial charge in [0, 0.05) is 25.2 Å². The van der Waals surface area contributed by atoms with E-state index in [0.717, 1.165) is 11.6 Å². The summed E-state index contributed by atoms with van der Waals surface area (Å²) in [6.45, 7) is 0.556. The van der Waals surface area contributed by atoms with Crippen LogP contribution in [0.2, 0.25) is 0 Å². The first kappa shape index (κ1) is 9.71. The normalized spacial score (nSPS) is 18.7. The SMILES string of the molecule is Cn1nc(CN)cc1C1CCCCC1. The van der Waals surface area contributed by atoms with E-state index in [-0.39, 0.29) is 0 Å². The summed E-state index contributed by atoms with van der Waals surface area (Å²) in [7, 11) is 2.03. The molecule has 0 amide bonds. The largest absolute Gasteiger partial charge is 0.325 e. The highest BCUT2D eigenvalue weighted by Gasteiger charge is 2.19. The second-order valence-electron chi connectivity index (χ2n) is 4.22. The third-order valence-electron chi connectivity index (χ3n) is 3.20. The molecule has 2 rings (SSSR count). The van der Waals surface area contributed by atoms with Gasteiger partial charge in [0.2, 0.25) is 0 Å². The number of nitrogens with zero attached hydrogens (tertiary/aromatic N) is 2. The van der Waals surface area contributed by atoms with Crippen molar-refractivity contribution in [3.8, 4) is 0 Å². The Kier molecular flexibility index (Phi) is 2.87. The molecule has 2 N–H and O–H groups in total. The number of nitrogens with two attached hydrogens (primary N) is 1. The second kappa shape index (κ2) is 4.13. The molecule has 0 bridgehead atoms. The lowest BCUT2D eigenvalue weighted by Gasteiger charge is -2.21. The fraction of sp³-hybridized carbons (Fsp3) is 0.727. The molecule has 0 aromatic carbocycles. The number of rotatable bonds is 2. The molecule has 14 heavy (non-hydrogen) atoms. The topological polar surface area (TPSA) is 43.8 Å². The Labute approximate surface area is 85.3 Å². The van der Waals surface area contributed by atoms with E-state index in [1.165, 1.54) is 37.8 Å². The summed E-state index contributed by atoms with van der Waals surface area (Å²) in [6.07, 6.45) is 6.78. The average molecular weight is 193 g/mol. The lowest BCUT2D eigenvalue weighted by atomic mass is 9.87. The molecule has 0 saturated heterocycles. The highest BCUT2D eigenvalue weighted by molar-refractivity contribution is 5.15. The van der Waals surface area contributed by atoms with E-state index in [1.54, 1.807) is 0 Å². The van der Waals surface area contributed by atoms with E-state index >= 15 is 0 Å². The van der Waals surface area contributed by atoms with Crippen LogP contribution in [0, 0.1) is 0 Å². The zero-order valence-corrected chi connectivity index (χ0v) is 8.87. The summed E-state index contributed by atoms with van der Waals surface area (Å²) >= 11 is 0. The molecule has 0 unspecified atom stereocenters. The molecule has 1 aliphatic carbocycles. The second-order valence-corrected chi connectivity index (χ2v) is 4.22. The van der Waals surface area contributed by atoms with Crippen molar-refractivity contribution in [2.24, 2.45) is 12.8 Å². The van der Waals surface area contributed by atoms with E-state index in [1.807, 2.05) is 11.7 Å². The monoisotopic (exact) mass is 193 g/mol. The quantitative estimate of drug-likeness (QED) is 0.780. The van der Waals surface area contributed by atoms with Crippen LogP contribution in [-0.4, -0.2) is 9.78 Å². The molecular weight excluding hydrogens is 174 g/mol. The van der Waals surface area contributed by atoms with Crippen molar-refractivity contribution in [3.63, 3.8) is 0 Å². The summed E-state index contributed by atoms with van der Waals surface area (Å²) in [5.74, 6) is 0.724. The van der Waals surface area contributed by atoms with Crippen LogP contribution >= 0.6 is 0 Å². The van der Waals surface area contributed by atoms with Gasteiger partial charge in [0.25, 0.3) is 0 Å². The van der Waals surface area contributed by atoms with Crippen LogP contribution in [0.5, 0.6) is 0 Å². The van der Waals surface area contributed by atoms with Crippen LogP contribution in [-0.2, 0) is 13.6 Å². The van der Waals surface area contributed by atoms with E-state index in [2.05, 4.69) is 11.2 Å². The Morgan fingerprint density at radius 1 is 1.43 bits per heavy atom. The van der Waals surface area contributed by atoms with Gasteiger partial charge in [-0.25, -0.2) is 0 Å². The minimum absolute atomic E-state index is 0.556. The van der Waals surface area contributed by atoms with Gasteiger partial charge in [-0.1, -0.05) is 19.3 Å². The molecule has 1 aliphatic rings. The highest BCUT2D eigenvalue weighted by atomic mass is 15.3. The first-order valence-corrected chi connectivity index (χ1v) is 5.54. The molecule has 1 aromatic heterocycles. The van der Waals surface area contributed by atoms with E-state index in [9.17, 15) is 0 Å². The molecule has 0 aliphatic heterocycles. The number of aromatic nitrogens is 2. The van der Waals surface area contributed by atoms with Gasteiger partial charge >= 0.3 is 0 Å². The van der Waals surface area contributed by atoms with E-state index < -0.39 is 0 Å². The van der Waals surface area contributed by atoms with Crippen LogP contribution in [0.4, 0.5) is 0 Å². The van der Waals surface area contributed by atoms with Crippen molar-refractivity contribution in [2.45, 2.75) is 44.6 Å². The maximum Gasteiger partial charge on any atom is 0.0763 e. The molecule has 3 heteroatoms. The molecule has 1 fully saturated rings. The van der Waals surface area contributed by atoms with Gasteiger partial charge in [0.05, 0.1) is 5.69 Å². The standard InChI is InChI=1S/C11H19N3/c1-14-11(7-10(8-12)13-14)9-5-3-2-4-6-9/h7,9H,2-6,8,12H2,1H3. The first-order valence-electron chi connectivity index (χ1n) is 5.54. The van der Waals surface area contributed by atoms with Crippen molar-refractivity contribution in [1.82, 2.24) is 9.78 Å². The Balaban J connectivity index is 2.17. The van der Waals surface area contributed by atoms with Crippen LogP contribution in [0.3, 0.4) is 0 Å². The van der Waals surface area contributed by atoms with Crippen LogP contribution in [0.25, 0.3) is 0 Å². The van der Waals surface area contributed by atoms with Gasteiger partial charge in [0.1, 0.15) is 0 Å². The maximum absolute atomic E-state index is 5.59. The summed E-state index contributed by atoms with van der Waals surface area (Å²) < 4.78 is 2.01. The van der Waals surface area contributed by atoms with Crippen LogP contribution in [0.15, 0.2) is 6.07 Å². The van der Waals surface area contributed by atoms with Gasteiger partial charge in [0.15, 0.2) is 0 Å². The average Bonchev–Trinajstić information content (AvgIpc) is 2.61. The molecule has 0 radical (unpaired) electrons. The van der Waals surface area contributed by atoms with Gasteiger partial charge in [-0.15, -0.1) is 0 Å². The Morgan fingerprint density at radius 3 is 2.71 bits per heavy atom. The number of hydrogen-bond donors (Lipinski definition) is 1. The van der Waals surface area contributed by atoms with Crippen molar-refractivity contribution < 1.29 is 0 Å². The molecule has 1 heterocycles. The zero-order chi connectivity index (χ0) is 9.97. The zero-order valence-electron chi connectivity index (χ0n) is 8.87. The first-order chi connectivity index (χ1) is 6.81. The Bertz CT molecular complexity index is 297. The fourth-order valence-electron chi connectivity index (χ4n) is 2.42. The summed E-state index contributed by atoms with van der Waals surface area (Å²) in [6, 6.07) is 2.18. The number of hydrogen-bond acceptors (Lipinski definition) is 2. The highest BCUT2D eigenvalue weighted by Crippen LogP contribution is 2.32.